The lowest BCUT2D eigenvalue weighted by Crippen LogP contribution is -2.31. The highest BCUT2D eigenvalue weighted by molar-refractivity contribution is 4.65. The Hall–Kier alpha value is -0.0800. The molecule has 0 saturated carbocycles. The summed E-state index contributed by atoms with van der Waals surface area (Å²) < 4.78 is 0. The molecule has 0 rings (SSSR count). The van der Waals surface area contributed by atoms with Crippen LogP contribution in [-0.4, -0.2) is 19.1 Å². The van der Waals surface area contributed by atoms with Crippen molar-refractivity contribution in [2.24, 2.45) is 5.73 Å². The summed E-state index contributed by atoms with van der Waals surface area (Å²) in [5.74, 6) is 0. The first-order valence-corrected chi connectivity index (χ1v) is 3.37. The molecule has 0 amide bonds. The van der Waals surface area contributed by atoms with Gasteiger partial charge in [-0.1, -0.05) is 6.92 Å². The maximum absolute atomic E-state index is 4.85. The van der Waals surface area contributed by atoms with E-state index in [2.05, 4.69) is 26.1 Å². The number of nitrogens with one attached hydrogen (secondary N) is 1. The average molecular weight is 132 g/mol. The minimum Gasteiger partial charge on any atom is -0.331 e. The van der Waals surface area contributed by atoms with Crippen LogP contribution >= 0.6 is 0 Å². The lowest BCUT2D eigenvalue weighted by atomic mass is 10.1. The van der Waals surface area contributed by atoms with Gasteiger partial charge >= 0.3 is 0 Å². The van der Waals surface area contributed by atoms with Crippen LogP contribution in [0.15, 0.2) is 0 Å². The Morgan fingerprint density at radius 2 is 1.44 bits per heavy atom. The van der Waals surface area contributed by atoms with E-state index in [-0.39, 0.29) is 0 Å². The molecule has 0 heterocycles. The van der Waals surface area contributed by atoms with Crippen LogP contribution in [0.1, 0.15) is 27.7 Å². The second-order valence-electron chi connectivity index (χ2n) is 2.91. The van der Waals surface area contributed by atoms with Gasteiger partial charge in [0.25, 0.3) is 0 Å². The Labute approximate surface area is 58.8 Å². The molecule has 2 nitrogen and oxygen atoms in total. The molecule has 0 aromatic rings. The normalized spacial score (nSPS) is 10.0. The van der Waals surface area contributed by atoms with E-state index in [1.807, 2.05) is 14.0 Å². The van der Waals surface area contributed by atoms with Crippen molar-refractivity contribution in [3.05, 3.63) is 0 Å². The van der Waals surface area contributed by atoms with Crippen molar-refractivity contribution in [3.8, 4) is 0 Å². The van der Waals surface area contributed by atoms with Crippen molar-refractivity contribution < 1.29 is 0 Å². The lowest BCUT2D eigenvalue weighted by Gasteiger charge is -2.15. The molecule has 0 aliphatic rings. The van der Waals surface area contributed by atoms with Gasteiger partial charge in [0.2, 0.25) is 0 Å². The molecule has 0 unspecified atom stereocenters. The lowest BCUT2D eigenvalue weighted by molar-refractivity contribution is 0.469. The molecule has 0 aromatic heterocycles. The fourth-order valence-electron chi connectivity index (χ4n) is 0. The van der Waals surface area contributed by atoms with Gasteiger partial charge in [-0.2, -0.15) is 0 Å². The van der Waals surface area contributed by atoms with E-state index in [0.717, 1.165) is 6.54 Å². The summed E-state index contributed by atoms with van der Waals surface area (Å²) >= 11 is 0. The second kappa shape index (κ2) is 6.05. The molecular formula is C7H20N2. The standard InChI is InChI=1S/C5H13N.C2H7N/c1-5(2,3)6-4;1-2-3/h6H,1-4H3;2-3H2,1H3. The van der Waals surface area contributed by atoms with E-state index in [1.54, 1.807) is 0 Å². The Morgan fingerprint density at radius 3 is 1.44 bits per heavy atom. The van der Waals surface area contributed by atoms with Gasteiger partial charge in [-0.25, -0.2) is 0 Å². The molecule has 0 spiro atoms. The van der Waals surface area contributed by atoms with Crippen molar-refractivity contribution >= 4 is 0 Å². The molecule has 0 atom stereocenters. The van der Waals surface area contributed by atoms with Gasteiger partial charge in [0, 0.05) is 5.54 Å². The van der Waals surface area contributed by atoms with Gasteiger partial charge in [0.1, 0.15) is 0 Å². The van der Waals surface area contributed by atoms with Crippen molar-refractivity contribution in [1.29, 1.82) is 0 Å². The highest BCUT2D eigenvalue weighted by atomic mass is 14.9. The van der Waals surface area contributed by atoms with E-state index >= 15 is 0 Å². The minimum absolute atomic E-state index is 0.292. The minimum atomic E-state index is 0.292. The SMILES string of the molecule is CCN.CNC(C)(C)C. The molecule has 0 bridgehead atoms. The summed E-state index contributed by atoms with van der Waals surface area (Å²) in [7, 11) is 1.96. The molecule has 0 fully saturated rings. The Kier molecular flexibility index (Phi) is 7.85. The van der Waals surface area contributed by atoms with Crippen molar-refractivity contribution in [2.75, 3.05) is 13.6 Å². The van der Waals surface area contributed by atoms with E-state index in [0.29, 0.717) is 5.54 Å². The summed E-state index contributed by atoms with van der Waals surface area (Å²) in [4.78, 5) is 0. The van der Waals surface area contributed by atoms with Crippen LogP contribution in [-0.2, 0) is 0 Å². The van der Waals surface area contributed by atoms with Crippen LogP contribution in [0, 0.1) is 0 Å². The Bertz CT molecular complexity index is 45.4. The highest BCUT2D eigenvalue weighted by Crippen LogP contribution is 1.93. The largest absolute Gasteiger partial charge is 0.331 e. The van der Waals surface area contributed by atoms with Crippen LogP contribution in [0.3, 0.4) is 0 Å². The van der Waals surface area contributed by atoms with Crippen LogP contribution < -0.4 is 11.1 Å². The zero-order valence-corrected chi connectivity index (χ0v) is 7.28. The van der Waals surface area contributed by atoms with Gasteiger partial charge < -0.3 is 11.1 Å². The topological polar surface area (TPSA) is 38.0 Å². The van der Waals surface area contributed by atoms with E-state index in [9.17, 15) is 0 Å². The molecule has 0 aromatic carbocycles. The Morgan fingerprint density at radius 1 is 1.33 bits per heavy atom. The number of rotatable bonds is 0. The first kappa shape index (κ1) is 11.7. The maximum atomic E-state index is 4.85. The average Bonchev–Trinajstić information content (AvgIpc) is 1.67. The summed E-state index contributed by atoms with van der Waals surface area (Å²) in [5, 5.41) is 3.10. The molecule has 0 radical (unpaired) electrons. The molecule has 0 saturated heterocycles. The fraction of sp³-hybridized carbons (Fsp3) is 1.00. The first-order chi connectivity index (χ1) is 3.97. The molecule has 3 N–H and O–H groups in total. The monoisotopic (exact) mass is 132 g/mol. The van der Waals surface area contributed by atoms with E-state index in [4.69, 9.17) is 5.73 Å². The van der Waals surface area contributed by atoms with Crippen molar-refractivity contribution in [3.63, 3.8) is 0 Å². The third-order valence-corrected chi connectivity index (χ3v) is 0.750. The van der Waals surface area contributed by atoms with E-state index in [1.165, 1.54) is 0 Å². The maximum Gasteiger partial charge on any atom is 0.00935 e. The second-order valence-corrected chi connectivity index (χ2v) is 2.91. The zero-order chi connectivity index (χ0) is 7.91. The smallest absolute Gasteiger partial charge is 0.00935 e. The summed E-state index contributed by atoms with van der Waals surface area (Å²) in [5.41, 5.74) is 5.14. The summed E-state index contributed by atoms with van der Waals surface area (Å²) in [6.45, 7) is 9.05. The summed E-state index contributed by atoms with van der Waals surface area (Å²) in [6, 6.07) is 0. The molecule has 58 valence electrons. The van der Waals surface area contributed by atoms with Gasteiger partial charge in [-0.3, -0.25) is 0 Å². The van der Waals surface area contributed by atoms with Gasteiger partial charge in [0.15, 0.2) is 0 Å². The first-order valence-electron chi connectivity index (χ1n) is 3.37. The molecular weight excluding hydrogens is 112 g/mol. The predicted octanol–water partition coefficient (Wildman–Crippen LogP) is 0.969. The number of nitrogens with two attached hydrogens (primary N) is 1. The highest BCUT2D eigenvalue weighted by Gasteiger charge is 2.01. The Balaban J connectivity index is 0. The van der Waals surface area contributed by atoms with Gasteiger partial charge in [-0.05, 0) is 34.4 Å². The van der Waals surface area contributed by atoms with Gasteiger partial charge in [-0.15, -0.1) is 0 Å². The van der Waals surface area contributed by atoms with Crippen LogP contribution in [0.4, 0.5) is 0 Å². The van der Waals surface area contributed by atoms with E-state index < -0.39 is 0 Å². The quantitative estimate of drug-likeness (QED) is 0.515. The third kappa shape index (κ3) is 32.6. The predicted molar refractivity (Wildman–Crippen MR) is 43.5 cm³/mol. The molecule has 0 aliphatic heterocycles. The van der Waals surface area contributed by atoms with Gasteiger partial charge in [0.05, 0.1) is 0 Å². The number of hydrogen-bond donors (Lipinski definition) is 2. The van der Waals surface area contributed by atoms with Crippen molar-refractivity contribution in [1.82, 2.24) is 5.32 Å². The third-order valence-electron chi connectivity index (χ3n) is 0.750. The zero-order valence-electron chi connectivity index (χ0n) is 7.28. The fourth-order valence-corrected chi connectivity index (χ4v) is 0. The molecule has 2 heteroatoms. The molecule has 0 aliphatic carbocycles. The van der Waals surface area contributed by atoms with Crippen molar-refractivity contribution in [2.45, 2.75) is 33.2 Å². The molecule has 9 heavy (non-hydrogen) atoms. The number of hydrogen-bond acceptors (Lipinski definition) is 2. The van der Waals surface area contributed by atoms with Crippen LogP contribution in [0.2, 0.25) is 0 Å². The van der Waals surface area contributed by atoms with Crippen LogP contribution in [0.25, 0.3) is 0 Å². The van der Waals surface area contributed by atoms with Crippen LogP contribution in [0.5, 0.6) is 0 Å². The summed E-state index contributed by atoms with van der Waals surface area (Å²) in [6.07, 6.45) is 0.